The van der Waals surface area contributed by atoms with Gasteiger partial charge in [-0.25, -0.2) is 13.1 Å². The van der Waals surface area contributed by atoms with Crippen molar-refractivity contribution in [2.75, 3.05) is 32.1 Å². The second-order valence-electron chi connectivity index (χ2n) is 4.50. The molecule has 0 saturated heterocycles. The van der Waals surface area contributed by atoms with E-state index in [2.05, 4.69) is 4.72 Å². The van der Waals surface area contributed by atoms with Crippen LogP contribution in [0.3, 0.4) is 0 Å². The monoisotopic (exact) mass is 265 g/mol. The molecule has 0 aliphatic heterocycles. The van der Waals surface area contributed by atoms with Crippen LogP contribution in [0.1, 0.15) is 26.2 Å². The maximum atomic E-state index is 11.6. The number of hydrogen-bond donors (Lipinski definition) is 2. The summed E-state index contributed by atoms with van der Waals surface area (Å²) in [4.78, 5) is 0. The molecule has 6 heteroatoms. The molecule has 1 saturated carbocycles. The van der Waals surface area contributed by atoms with Crippen molar-refractivity contribution in [3.8, 4) is 0 Å². The zero-order valence-corrected chi connectivity index (χ0v) is 11.2. The Labute approximate surface area is 104 Å². The van der Waals surface area contributed by atoms with E-state index in [9.17, 15) is 8.42 Å². The van der Waals surface area contributed by atoms with Crippen molar-refractivity contribution >= 4 is 10.0 Å². The maximum absolute atomic E-state index is 11.6. The van der Waals surface area contributed by atoms with Crippen molar-refractivity contribution < 1.29 is 18.3 Å². The molecule has 0 radical (unpaired) electrons. The summed E-state index contributed by atoms with van der Waals surface area (Å²) in [6, 6.07) is 0. The molecule has 2 atom stereocenters. The lowest BCUT2D eigenvalue weighted by Gasteiger charge is -2.17. The van der Waals surface area contributed by atoms with Crippen molar-refractivity contribution in [3.63, 3.8) is 0 Å². The van der Waals surface area contributed by atoms with Crippen LogP contribution in [-0.2, 0) is 14.8 Å². The van der Waals surface area contributed by atoms with Gasteiger partial charge >= 0.3 is 0 Å². The lowest BCUT2D eigenvalue weighted by atomic mass is 9.97. The van der Waals surface area contributed by atoms with Crippen LogP contribution in [0.25, 0.3) is 0 Å². The normalized spacial score (nSPS) is 25.3. The molecule has 0 bridgehead atoms. The van der Waals surface area contributed by atoms with E-state index >= 15 is 0 Å². The number of aliphatic hydroxyl groups excluding tert-OH is 1. The van der Waals surface area contributed by atoms with Gasteiger partial charge < -0.3 is 9.84 Å². The quantitative estimate of drug-likeness (QED) is 0.621. The molecule has 0 spiro atoms. The van der Waals surface area contributed by atoms with Crippen LogP contribution >= 0.6 is 0 Å². The van der Waals surface area contributed by atoms with E-state index in [1.54, 1.807) is 0 Å². The SMILES string of the molecule is CCOCCS(=O)(=O)NCC1CCCC1CO. The number of hydrogen-bond acceptors (Lipinski definition) is 4. The van der Waals surface area contributed by atoms with Crippen molar-refractivity contribution in [1.29, 1.82) is 0 Å². The molecule has 0 aromatic carbocycles. The third-order valence-corrected chi connectivity index (χ3v) is 4.63. The summed E-state index contributed by atoms with van der Waals surface area (Å²) < 4.78 is 30.8. The van der Waals surface area contributed by atoms with Crippen LogP contribution in [0.15, 0.2) is 0 Å². The van der Waals surface area contributed by atoms with Gasteiger partial charge in [0.25, 0.3) is 0 Å². The Morgan fingerprint density at radius 1 is 1.35 bits per heavy atom. The van der Waals surface area contributed by atoms with Crippen LogP contribution in [0.4, 0.5) is 0 Å². The Kier molecular flexibility index (Phi) is 6.40. The van der Waals surface area contributed by atoms with Crippen molar-refractivity contribution in [1.82, 2.24) is 4.72 Å². The maximum Gasteiger partial charge on any atom is 0.213 e. The molecule has 0 heterocycles. The molecule has 1 fully saturated rings. The highest BCUT2D eigenvalue weighted by Gasteiger charge is 2.27. The fraction of sp³-hybridized carbons (Fsp3) is 1.00. The third kappa shape index (κ3) is 5.33. The van der Waals surface area contributed by atoms with Gasteiger partial charge in [-0.2, -0.15) is 0 Å². The standard InChI is InChI=1S/C11H23NO4S/c1-2-16-6-7-17(14,15)12-8-10-4-3-5-11(10)9-13/h10-13H,2-9H2,1H3. The number of nitrogens with one attached hydrogen (secondary N) is 1. The minimum absolute atomic E-state index is 0.0113. The van der Waals surface area contributed by atoms with E-state index in [-0.39, 0.29) is 30.8 Å². The van der Waals surface area contributed by atoms with E-state index in [0.717, 1.165) is 19.3 Å². The average molecular weight is 265 g/mol. The lowest BCUT2D eigenvalue weighted by Crippen LogP contribution is -2.34. The number of aliphatic hydroxyl groups is 1. The molecule has 2 N–H and O–H groups in total. The van der Waals surface area contributed by atoms with Crippen LogP contribution in [0.5, 0.6) is 0 Å². The van der Waals surface area contributed by atoms with Crippen LogP contribution in [0, 0.1) is 11.8 Å². The number of sulfonamides is 1. The van der Waals surface area contributed by atoms with Crippen LogP contribution < -0.4 is 4.72 Å². The van der Waals surface area contributed by atoms with E-state index in [4.69, 9.17) is 9.84 Å². The van der Waals surface area contributed by atoms with Gasteiger partial charge in [0.1, 0.15) is 0 Å². The molecule has 0 aromatic heterocycles. The van der Waals surface area contributed by atoms with E-state index in [1.165, 1.54) is 0 Å². The fourth-order valence-corrected chi connectivity index (χ4v) is 3.19. The molecular formula is C11H23NO4S. The van der Waals surface area contributed by atoms with Crippen molar-refractivity contribution in [2.24, 2.45) is 11.8 Å². The average Bonchev–Trinajstić information content (AvgIpc) is 2.74. The predicted molar refractivity (Wildman–Crippen MR) is 66.2 cm³/mol. The molecule has 0 amide bonds. The summed E-state index contributed by atoms with van der Waals surface area (Å²) in [6.07, 6.45) is 3.08. The Hall–Kier alpha value is -0.170. The van der Waals surface area contributed by atoms with Gasteiger partial charge in [-0.05, 0) is 31.6 Å². The Morgan fingerprint density at radius 2 is 2.06 bits per heavy atom. The summed E-state index contributed by atoms with van der Waals surface area (Å²) in [5.41, 5.74) is 0. The van der Waals surface area contributed by atoms with E-state index in [1.807, 2.05) is 6.92 Å². The molecule has 102 valence electrons. The van der Waals surface area contributed by atoms with Crippen LogP contribution in [0.2, 0.25) is 0 Å². The topological polar surface area (TPSA) is 75.6 Å². The van der Waals surface area contributed by atoms with Gasteiger partial charge in [-0.15, -0.1) is 0 Å². The molecule has 0 aromatic rings. The first kappa shape index (κ1) is 14.9. The summed E-state index contributed by atoms with van der Waals surface area (Å²) in [5.74, 6) is 0.545. The Bertz CT molecular complexity index is 305. The zero-order chi connectivity index (χ0) is 12.7. The third-order valence-electron chi connectivity index (χ3n) is 3.32. The van der Waals surface area contributed by atoms with E-state index in [0.29, 0.717) is 13.2 Å². The number of rotatable bonds is 8. The summed E-state index contributed by atoms with van der Waals surface area (Å²) in [5, 5.41) is 9.14. The Morgan fingerprint density at radius 3 is 2.71 bits per heavy atom. The second-order valence-corrected chi connectivity index (χ2v) is 6.42. The Balaban J connectivity index is 2.28. The zero-order valence-electron chi connectivity index (χ0n) is 10.4. The van der Waals surface area contributed by atoms with Gasteiger partial charge in [-0.1, -0.05) is 6.42 Å². The smallest absolute Gasteiger partial charge is 0.213 e. The molecule has 5 nitrogen and oxygen atoms in total. The minimum Gasteiger partial charge on any atom is -0.396 e. The molecule has 17 heavy (non-hydrogen) atoms. The molecule has 2 unspecified atom stereocenters. The molecule has 1 rings (SSSR count). The summed E-state index contributed by atoms with van der Waals surface area (Å²) in [6.45, 7) is 3.21. The first-order valence-corrected chi connectivity index (χ1v) is 7.90. The lowest BCUT2D eigenvalue weighted by molar-refractivity contribution is 0.163. The first-order valence-electron chi connectivity index (χ1n) is 6.25. The van der Waals surface area contributed by atoms with Crippen molar-refractivity contribution in [3.05, 3.63) is 0 Å². The summed E-state index contributed by atoms with van der Waals surface area (Å²) in [7, 11) is -3.23. The van der Waals surface area contributed by atoms with Gasteiger partial charge in [0.05, 0.1) is 12.4 Å². The fourth-order valence-electron chi connectivity index (χ4n) is 2.24. The predicted octanol–water partition coefficient (Wildman–Crippen LogP) is 0.351. The second kappa shape index (κ2) is 7.31. The largest absolute Gasteiger partial charge is 0.396 e. The number of ether oxygens (including phenoxy) is 1. The van der Waals surface area contributed by atoms with E-state index < -0.39 is 10.0 Å². The van der Waals surface area contributed by atoms with Gasteiger partial charge in [0.15, 0.2) is 0 Å². The molecule has 1 aliphatic rings. The van der Waals surface area contributed by atoms with Crippen LogP contribution in [-0.4, -0.2) is 45.6 Å². The van der Waals surface area contributed by atoms with Crippen molar-refractivity contribution in [2.45, 2.75) is 26.2 Å². The minimum atomic E-state index is -3.23. The highest BCUT2D eigenvalue weighted by atomic mass is 32.2. The highest BCUT2D eigenvalue weighted by molar-refractivity contribution is 7.89. The highest BCUT2D eigenvalue weighted by Crippen LogP contribution is 2.30. The van der Waals surface area contributed by atoms with Gasteiger partial charge in [-0.3, -0.25) is 0 Å². The summed E-state index contributed by atoms with van der Waals surface area (Å²) >= 11 is 0. The van der Waals surface area contributed by atoms with Gasteiger partial charge in [0, 0.05) is 19.8 Å². The first-order chi connectivity index (χ1) is 8.09. The molecule has 1 aliphatic carbocycles. The molecular weight excluding hydrogens is 242 g/mol. The van der Waals surface area contributed by atoms with Gasteiger partial charge in [0.2, 0.25) is 10.0 Å².